The zero-order valence-corrected chi connectivity index (χ0v) is 20.0. The summed E-state index contributed by atoms with van der Waals surface area (Å²) in [6, 6.07) is 5.13. The van der Waals surface area contributed by atoms with Gasteiger partial charge in [-0.25, -0.2) is 9.18 Å². The average molecular weight is 516 g/mol. The number of hydrogen-bond donors (Lipinski definition) is 2. The van der Waals surface area contributed by atoms with Crippen LogP contribution in [-0.2, 0) is 22.9 Å². The molecule has 2 aromatic carbocycles. The third-order valence-corrected chi connectivity index (χ3v) is 7.41. The van der Waals surface area contributed by atoms with Gasteiger partial charge in [0, 0.05) is 35.1 Å². The van der Waals surface area contributed by atoms with E-state index >= 15 is 0 Å². The van der Waals surface area contributed by atoms with Crippen molar-refractivity contribution in [3.63, 3.8) is 0 Å². The van der Waals surface area contributed by atoms with E-state index in [9.17, 15) is 32.3 Å². The highest BCUT2D eigenvalue weighted by Gasteiger charge is 2.53. The molecule has 0 unspecified atom stereocenters. The Morgan fingerprint density at radius 1 is 1.19 bits per heavy atom. The van der Waals surface area contributed by atoms with E-state index in [0.717, 1.165) is 31.5 Å². The van der Waals surface area contributed by atoms with Crippen molar-refractivity contribution in [2.45, 2.75) is 57.2 Å². The monoisotopic (exact) mass is 515 g/mol. The van der Waals surface area contributed by atoms with E-state index in [0.29, 0.717) is 28.7 Å². The van der Waals surface area contributed by atoms with Gasteiger partial charge in [0.05, 0.1) is 22.7 Å². The molecular weight excluding hydrogens is 490 g/mol. The number of aromatic nitrogens is 2. The van der Waals surface area contributed by atoms with Gasteiger partial charge in [-0.15, -0.1) is 0 Å². The number of hydrogen-bond acceptors (Lipinski definition) is 3. The zero-order valence-electron chi connectivity index (χ0n) is 20.0. The molecule has 1 aromatic heterocycles. The van der Waals surface area contributed by atoms with Crippen molar-refractivity contribution in [2.75, 3.05) is 5.32 Å². The summed E-state index contributed by atoms with van der Waals surface area (Å²) in [5.41, 5.74) is -0.607. The van der Waals surface area contributed by atoms with Gasteiger partial charge in [0.15, 0.2) is 0 Å². The molecule has 2 aliphatic carbocycles. The summed E-state index contributed by atoms with van der Waals surface area (Å²) < 4.78 is 55.2. The lowest BCUT2D eigenvalue weighted by atomic mass is 9.85. The highest BCUT2D eigenvalue weighted by atomic mass is 19.4. The molecule has 2 N–H and O–H groups in total. The van der Waals surface area contributed by atoms with Crippen LogP contribution in [0.2, 0.25) is 0 Å². The number of rotatable bonds is 7. The molecular formula is C27H25F4N3O3. The number of amides is 1. The van der Waals surface area contributed by atoms with Crippen molar-refractivity contribution < 1.29 is 32.3 Å². The second-order valence-electron chi connectivity index (χ2n) is 10.00. The predicted octanol–water partition coefficient (Wildman–Crippen LogP) is 6.19. The van der Waals surface area contributed by atoms with E-state index in [1.165, 1.54) is 12.5 Å². The first-order valence-electron chi connectivity index (χ1n) is 12.1. The van der Waals surface area contributed by atoms with E-state index in [-0.39, 0.29) is 29.7 Å². The van der Waals surface area contributed by atoms with E-state index in [1.54, 1.807) is 19.2 Å². The highest BCUT2D eigenvalue weighted by Crippen LogP contribution is 2.50. The lowest BCUT2D eigenvalue weighted by Crippen LogP contribution is -2.29. The maximum atomic E-state index is 14.6. The molecule has 0 bridgehead atoms. The standard InChI is InChI=1S/C27H25F4N3O3/c1-15-9-19(11-20(24(35)36)23(15)17-12-32-34(14-17)13-16-3-2-4-16)33-25(37)26(7-8-26)21-6-5-18(10-22(21)28)27(29,30)31/h5-6,9-12,14,16H,2-4,7-8,13H2,1H3,(H,33,37)(H,35,36). The van der Waals surface area contributed by atoms with Gasteiger partial charge < -0.3 is 10.4 Å². The van der Waals surface area contributed by atoms with E-state index in [1.807, 2.05) is 10.9 Å². The fraction of sp³-hybridized carbons (Fsp3) is 0.370. The summed E-state index contributed by atoms with van der Waals surface area (Å²) in [6.07, 6.45) is 2.80. The fourth-order valence-electron chi connectivity index (χ4n) is 5.02. The van der Waals surface area contributed by atoms with Crippen LogP contribution in [0, 0.1) is 18.7 Å². The molecule has 10 heteroatoms. The number of carboxylic acids is 1. The molecule has 194 valence electrons. The second kappa shape index (κ2) is 9.00. The normalized spacial score (nSPS) is 16.8. The molecule has 3 aromatic rings. The molecule has 0 aliphatic heterocycles. The Kier molecular flexibility index (Phi) is 6.08. The van der Waals surface area contributed by atoms with Gasteiger partial charge in [-0.2, -0.15) is 18.3 Å². The van der Waals surface area contributed by atoms with Gasteiger partial charge in [0.2, 0.25) is 5.91 Å². The Bertz CT molecular complexity index is 1390. The maximum Gasteiger partial charge on any atom is 0.416 e. The number of benzene rings is 2. The van der Waals surface area contributed by atoms with Crippen LogP contribution >= 0.6 is 0 Å². The molecule has 2 aliphatic rings. The Morgan fingerprint density at radius 3 is 2.49 bits per heavy atom. The molecule has 1 heterocycles. The summed E-state index contributed by atoms with van der Waals surface area (Å²) >= 11 is 0. The molecule has 0 saturated heterocycles. The summed E-state index contributed by atoms with van der Waals surface area (Å²) in [6.45, 7) is 2.50. The number of carbonyl (C=O) groups excluding carboxylic acids is 1. The number of carbonyl (C=O) groups is 2. The first kappa shape index (κ1) is 25.0. The van der Waals surface area contributed by atoms with Crippen LogP contribution in [-0.4, -0.2) is 26.8 Å². The van der Waals surface area contributed by atoms with Gasteiger partial charge in [-0.3, -0.25) is 9.48 Å². The van der Waals surface area contributed by atoms with Crippen molar-refractivity contribution >= 4 is 17.6 Å². The Balaban J connectivity index is 1.41. The minimum Gasteiger partial charge on any atom is -0.478 e. The lowest BCUT2D eigenvalue weighted by molar-refractivity contribution is -0.137. The zero-order chi connectivity index (χ0) is 26.5. The van der Waals surface area contributed by atoms with Crippen molar-refractivity contribution in [2.24, 2.45) is 5.92 Å². The minimum absolute atomic E-state index is 0.0240. The largest absolute Gasteiger partial charge is 0.478 e. The molecule has 6 nitrogen and oxygen atoms in total. The van der Waals surface area contributed by atoms with E-state index < -0.39 is 34.8 Å². The van der Waals surface area contributed by atoms with Crippen LogP contribution in [0.1, 0.15) is 59.2 Å². The number of nitrogens with zero attached hydrogens (tertiary/aromatic N) is 2. The molecule has 5 rings (SSSR count). The van der Waals surface area contributed by atoms with Gasteiger partial charge in [-0.05, 0) is 68.4 Å². The highest BCUT2D eigenvalue weighted by molar-refractivity contribution is 6.04. The smallest absolute Gasteiger partial charge is 0.416 e. The number of aryl methyl sites for hydroxylation is 1. The van der Waals surface area contributed by atoms with Crippen LogP contribution in [0.5, 0.6) is 0 Å². The quantitative estimate of drug-likeness (QED) is 0.368. The van der Waals surface area contributed by atoms with Gasteiger partial charge in [-0.1, -0.05) is 12.5 Å². The Morgan fingerprint density at radius 2 is 1.92 bits per heavy atom. The number of halogens is 4. The molecule has 2 fully saturated rings. The van der Waals surface area contributed by atoms with Crippen molar-refractivity contribution in [3.05, 3.63) is 70.8 Å². The summed E-state index contributed by atoms with van der Waals surface area (Å²) in [5, 5.41) is 16.9. The van der Waals surface area contributed by atoms with Crippen molar-refractivity contribution in [3.8, 4) is 11.1 Å². The minimum atomic E-state index is -4.70. The predicted molar refractivity (Wildman–Crippen MR) is 128 cm³/mol. The Hall–Kier alpha value is -3.69. The van der Waals surface area contributed by atoms with Crippen molar-refractivity contribution in [1.29, 1.82) is 0 Å². The van der Waals surface area contributed by atoms with Crippen LogP contribution in [0.25, 0.3) is 11.1 Å². The first-order chi connectivity index (χ1) is 17.5. The van der Waals surface area contributed by atoms with Crippen LogP contribution in [0.4, 0.5) is 23.2 Å². The van der Waals surface area contributed by atoms with Crippen LogP contribution < -0.4 is 5.32 Å². The number of alkyl halides is 3. The number of aromatic carboxylic acids is 1. The maximum absolute atomic E-state index is 14.6. The Labute approximate surface area is 210 Å². The second-order valence-corrected chi connectivity index (χ2v) is 10.00. The SMILES string of the molecule is Cc1cc(NC(=O)C2(c3ccc(C(F)(F)F)cc3F)CC2)cc(C(=O)O)c1-c1cnn(CC2CCC2)c1. The van der Waals surface area contributed by atoms with E-state index in [2.05, 4.69) is 10.4 Å². The van der Waals surface area contributed by atoms with E-state index in [4.69, 9.17) is 0 Å². The summed E-state index contributed by atoms with van der Waals surface area (Å²) in [5.74, 6) is -2.30. The molecule has 2 saturated carbocycles. The van der Waals surface area contributed by atoms with Crippen LogP contribution in [0.15, 0.2) is 42.7 Å². The molecule has 0 spiro atoms. The van der Waals surface area contributed by atoms with Gasteiger partial charge in [0.1, 0.15) is 5.82 Å². The molecule has 0 radical (unpaired) electrons. The molecule has 1 amide bonds. The van der Waals surface area contributed by atoms with Crippen LogP contribution in [0.3, 0.4) is 0 Å². The topological polar surface area (TPSA) is 84.2 Å². The third kappa shape index (κ3) is 4.72. The first-order valence-corrected chi connectivity index (χ1v) is 12.1. The third-order valence-electron chi connectivity index (χ3n) is 7.41. The number of anilines is 1. The summed E-state index contributed by atoms with van der Waals surface area (Å²) in [4.78, 5) is 25.3. The lowest BCUT2D eigenvalue weighted by Gasteiger charge is -2.24. The number of carboxylic acid groups (broad SMARTS) is 1. The van der Waals surface area contributed by atoms with Gasteiger partial charge in [0.25, 0.3) is 0 Å². The molecule has 0 atom stereocenters. The van der Waals surface area contributed by atoms with Crippen molar-refractivity contribution in [1.82, 2.24) is 9.78 Å². The molecule has 37 heavy (non-hydrogen) atoms. The van der Waals surface area contributed by atoms with Gasteiger partial charge >= 0.3 is 12.1 Å². The summed E-state index contributed by atoms with van der Waals surface area (Å²) in [7, 11) is 0. The number of nitrogens with one attached hydrogen (secondary N) is 1. The average Bonchev–Trinajstić information content (AvgIpc) is 3.47. The fourth-order valence-corrected chi connectivity index (χ4v) is 5.02.